The van der Waals surface area contributed by atoms with E-state index in [1.165, 1.54) is 0 Å². The van der Waals surface area contributed by atoms with Gasteiger partial charge in [0.05, 0.1) is 19.3 Å². The van der Waals surface area contributed by atoms with E-state index in [1.807, 2.05) is 27.7 Å². The summed E-state index contributed by atoms with van der Waals surface area (Å²) >= 11 is 0. The van der Waals surface area contributed by atoms with Crippen LogP contribution in [0.1, 0.15) is 34.1 Å². The first-order valence-corrected chi connectivity index (χ1v) is 7.49. The number of hydrogen-bond donors (Lipinski definition) is 2. The van der Waals surface area contributed by atoms with Crippen LogP contribution < -0.4 is 20.5 Å². The lowest BCUT2D eigenvalue weighted by Crippen LogP contribution is -2.40. The maximum atomic E-state index is 12.1. The van der Waals surface area contributed by atoms with Crippen molar-refractivity contribution in [2.45, 2.75) is 40.2 Å². The highest BCUT2D eigenvalue weighted by molar-refractivity contribution is 5.95. The molecule has 3 N–H and O–H groups in total. The predicted molar refractivity (Wildman–Crippen MR) is 84.8 cm³/mol. The average molecular weight is 294 g/mol. The van der Waals surface area contributed by atoms with Gasteiger partial charge in [0.1, 0.15) is 0 Å². The Hall–Kier alpha value is -1.75. The van der Waals surface area contributed by atoms with E-state index in [1.54, 1.807) is 18.2 Å². The Labute approximate surface area is 126 Å². The van der Waals surface area contributed by atoms with Gasteiger partial charge in [0.15, 0.2) is 11.5 Å². The van der Waals surface area contributed by atoms with E-state index < -0.39 is 6.04 Å². The molecule has 1 aromatic carbocycles. The summed E-state index contributed by atoms with van der Waals surface area (Å²) in [4.78, 5) is 12.1. The van der Waals surface area contributed by atoms with Crippen LogP contribution in [0.25, 0.3) is 0 Å². The number of benzene rings is 1. The molecule has 1 rings (SSSR count). The molecule has 2 atom stereocenters. The molecule has 118 valence electrons. The highest BCUT2D eigenvalue weighted by Crippen LogP contribution is 2.30. The fourth-order valence-electron chi connectivity index (χ4n) is 1.87. The standard InChI is InChI=1S/C16H26N2O3/c1-5-11(4)15(17)16(19)18-12-8-9-13(20-6-2)14(10-12)21-7-3/h8-11,15H,5-7,17H2,1-4H3,(H,18,19)/t11-,15-/m0/s1. The number of anilines is 1. The number of carbonyl (C=O) groups excluding carboxylic acids is 1. The Morgan fingerprint density at radius 1 is 1.19 bits per heavy atom. The average Bonchev–Trinajstić information content (AvgIpc) is 2.48. The van der Waals surface area contributed by atoms with Gasteiger partial charge in [-0.2, -0.15) is 0 Å². The number of rotatable bonds is 8. The fourth-order valence-corrected chi connectivity index (χ4v) is 1.87. The van der Waals surface area contributed by atoms with Crippen molar-refractivity contribution >= 4 is 11.6 Å². The number of nitrogens with one attached hydrogen (secondary N) is 1. The van der Waals surface area contributed by atoms with Gasteiger partial charge in [-0.15, -0.1) is 0 Å². The molecular weight excluding hydrogens is 268 g/mol. The van der Waals surface area contributed by atoms with Gasteiger partial charge in [0.25, 0.3) is 0 Å². The minimum absolute atomic E-state index is 0.138. The van der Waals surface area contributed by atoms with E-state index in [-0.39, 0.29) is 11.8 Å². The molecule has 5 heteroatoms. The van der Waals surface area contributed by atoms with E-state index in [9.17, 15) is 4.79 Å². The van der Waals surface area contributed by atoms with Crippen LogP contribution in [0.2, 0.25) is 0 Å². The molecule has 0 radical (unpaired) electrons. The summed E-state index contributed by atoms with van der Waals surface area (Å²) < 4.78 is 11.0. The van der Waals surface area contributed by atoms with E-state index in [0.29, 0.717) is 30.4 Å². The topological polar surface area (TPSA) is 73.6 Å². The van der Waals surface area contributed by atoms with Gasteiger partial charge < -0.3 is 20.5 Å². The van der Waals surface area contributed by atoms with Crippen LogP contribution in [0.4, 0.5) is 5.69 Å². The first-order chi connectivity index (χ1) is 10.0. The Bertz CT molecular complexity index is 463. The van der Waals surface area contributed by atoms with Crippen LogP contribution in [0.5, 0.6) is 11.5 Å². The number of hydrogen-bond acceptors (Lipinski definition) is 4. The van der Waals surface area contributed by atoms with E-state index in [4.69, 9.17) is 15.2 Å². The van der Waals surface area contributed by atoms with Crippen molar-refractivity contribution in [2.24, 2.45) is 11.7 Å². The molecule has 0 bridgehead atoms. The van der Waals surface area contributed by atoms with E-state index in [0.717, 1.165) is 6.42 Å². The van der Waals surface area contributed by atoms with Crippen molar-refractivity contribution in [3.63, 3.8) is 0 Å². The lowest BCUT2D eigenvalue weighted by atomic mass is 9.99. The van der Waals surface area contributed by atoms with Crippen molar-refractivity contribution in [2.75, 3.05) is 18.5 Å². The fraction of sp³-hybridized carbons (Fsp3) is 0.562. The summed E-state index contributed by atoms with van der Waals surface area (Å²) in [5.74, 6) is 1.24. The van der Waals surface area contributed by atoms with E-state index in [2.05, 4.69) is 5.32 Å². The summed E-state index contributed by atoms with van der Waals surface area (Å²) in [7, 11) is 0. The lowest BCUT2D eigenvalue weighted by molar-refractivity contribution is -0.118. The summed E-state index contributed by atoms with van der Waals surface area (Å²) in [5.41, 5.74) is 6.58. The smallest absolute Gasteiger partial charge is 0.241 e. The zero-order chi connectivity index (χ0) is 15.8. The Morgan fingerprint density at radius 2 is 1.81 bits per heavy atom. The molecule has 0 saturated carbocycles. The van der Waals surface area contributed by atoms with Crippen molar-refractivity contribution in [3.8, 4) is 11.5 Å². The van der Waals surface area contributed by atoms with Gasteiger partial charge in [-0.1, -0.05) is 20.3 Å². The van der Waals surface area contributed by atoms with Crippen molar-refractivity contribution in [1.82, 2.24) is 0 Å². The quantitative estimate of drug-likeness (QED) is 0.773. The SMILES string of the molecule is CCOc1ccc(NC(=O)[C@@H](N)[C@@H](C)CC)cc1OCC. The molecule has 21 heavy (non-hydrogen) atoms. The highest BCUT2D eigenvalue weighted by atomic mass is 16.5. The van der Waals surface area contributed by atoms with Crippen LogP contribution in [-0.4, -0.2) is 25.2 Å². The largest absolute Gasteiger partial charge is 0.490 e. The molecule has 0 aliphatic rings. The maximum absolute atomic E-state index is 12.1. The molecule has 1 amide bonds. The molecule has 0 aliphatic carbocycles. The molecule has 0 aromatic heterocycles. The van der Waals surface area contributed by atoms with Gasteiger partial charge in [0, 0.05) is 11.8 Å². The number of nitrogens with two attached hydrogens (primary N) is 1. The van der Waals surface area contributed by atoms with Gasteiger partial charge in [-0.3, -0.25) is 4.79 Å². The summed E-state index contributed by atoms with van der Waals surface area (Å²) in [5, 5.41) is 2.83. The second-order valence-corrected chi connectivity index (χ2v) is 4.93. The molecule has 1 aromatic rings. The third-order valence-electron chi connectivity index (χ3n) is 3.37. The normalized spacial score (nSPS) is 13.4. The van der Waals surface area contributed by atoms with Crippen LogP contribution in [0.3, 0.4) is 0 Å². The summed E-state index contributed by atoms with van der Waals surface area (Å²) in [6.45, 7) is 8.89. The maximum Gasteiger partial charge on any atom is 0.241 e. The number of ether oxygens (including phenoxy) is 2. The van der Waals surface area contributed by atoms with Crippen molar-refractivity contribution in [3.05, 3.63) is 18.2 Å². The lowest BCUT2D eigenvalue weighted by Gasteiger charge is -2.18. The number of amides is 1. The minimum Gasteiger partial charge on any atom is -0.490 e. The first kappa shape index (κ1) is 17.3. The van der Waals surface area contributed by atoms with Crippen LogP contribution in [-0.2, 0) is 4.79 Å². The zero-order valence-electron chi connectivity index (χ0n) is 13.3. The molecule has 5 nitrogen and oxygen atoms in total. The van der Waals surface area contributed by atoms with E-state index >= 15 is 0 Å². The predicted octanol–water partition coefficient (Wildman–Crippen LogP) is 2.80. The molecule has 0 heterocycles. The van der Waals surface area contributed by atoms with Crippen LogP contribution in [0, 0.1) is 5.92 Å². The van der Waals surface area contributed by atoms with Crippen molar-refractivity contribution < 1.29 is 14.3 Å². The molecule has 0 spiro atoms. The molecule has 0 unspecified atom stereocenters. The molecule has 0 saturated heterocycles. The number of carbonyl (C=O) groups is 1. The Morgan fingerprint density at radius 3 is 2.38 bits per heavy atom. The molecule has 0 aliphatic heterocycles. The van der Waals surface area contributed by atoms with Gasteiger partial charge in [0.2, 0.25) is 5.91 Å². The van der Waals surface area contributed by atoms with Crippen LogP contribution >= 0.6 is 0 Å². The third-order valence-corrected chi connectivity index (χ3v) is 3.37. The Balaban J connectivity index is 2.84. The van der Waals surface area contributed by atoms with Crippen LogP contribution in [0.15, 0.2) is 18.2 Å². The summed E-state index contributed by atoms with van der Waals surface area (Å²) in [6, 6.07) is 4.82. The molecular formula is C16H26N2O3. The Kier molecular flexibility index (Phi) is 7.02. The third kappa shape index (κ3) is 4.93. The summed E-state index contributed by atoms with van der Waals surface area (Å²) in [6.07, 6.45) is 0.863. The van der Waals surface area contributed by atoms with Crippen molar-refractivity contribution in [1.29, 1.82) is 0 Å². The van der Waals surface area contributed by atoms with Gasteiger partial charge >= 0.3 is 0 Å². The first-order valence-electron chi connectivity index (χ1n) is 7.49. The van der Waals surface area contributed by atoms with Gasteiger partial charge in [-0.25, -0.2) is 0 Å². The zero-order valence-corrected chi connectivity index (χ0v) is 13.3. The second kappa shape index (κ2) is 8.52. The highest BCUT2D eigenvalue weighted by Gasteiger charge is 2.19. The second-order valence-electron chi connectivity index (χ2n) is 4.93. The monoisotopic (exact) mass is 294 g/mol. The molecule has 0 fully saturated rings. The minimum atomic E-state index is -0.517. The van der Waals surface area contributed by atoms with Gasteiger partial charge in [-0.05, 0) is 31.9 Å².